The number of rotatable bonds is 9. The highest BCUT2D eigenvalue weighted by molar-refractivity contribution is 14.0. The minimum Gasteiger partial charge on any atom is -0.385 e. The van der Waals surface area contributed by atoms with Crippen LogP contribution >= 0.6 is 24.0 Å². The summed E-state index contributed by atoms with van der Waals surface area (Å²) in [6.07, 6.45) is 7.16. The molecule has 0 aromatic heterocycles. The van der Waals surface area contributed by atoms with Crippen LogP contribution in [-0.4, -0.2) is 45.7 Å². The number of aliphatic imine (C=N–C) groups is 1. The van der Waals surface area contributed by atoms with E-state index >= 15 is 0 Å². The largest absolute Gasteiger partial charge is 0.385 e. The summed E-state index contributed by atoms with van der Waals surface area (Å²) >= 11 is 0. The van der Waals surface area contributed by atoms with E-state index in [0.29, 0.717) is 5.41 Å². The summed E-state index contributed by atoms with van der Waals surface area (Å²) in [6.45, 7) is 4.09. The van der Waals surface area contributed by atoms with Crippen molar-refractivity contribution in [1.29, 1.82) is 0 Å². The Balaban J connectivity index is 0.00000392. The number of anilines is 1. The molecule has 0 spiro atoms. The predicted octanol–water partition coefficient (Wildman–Crippen LogP) is 3.57. The van der Waals surface area contributed by atoms with E-state index in [9.17, 15) is 4.79 Å². The smallest absolute Gasteiger partial charge is 0.221 e. The van der Waals surface area contributed by atoms with Gasteiger partial charge in [-0.1, -0.05) is 25.0 Å². The zero-order valence-corrected chi connectivity index (χ0v) is 19.7. The van der Waals surface area contributed by atoms with Crippen LogP contribution in [0.4, 0.5) is 5.69 Å². The second-order valence-electron chi connectivity index (χ2n) is 7.43. The third-order valence-electron chi connectivity index (χ3n) is 5.34. The van der Waals surface area contributed by atoms with Gasteiger partial charge in [-0.15, -0.1) is 24.0 Å². The average molecular weight is 502 g/mol. The SMILES string of the molecule is CN=C(NCCc1ccc(NC(C)=O)cc1)NCC1(CCOC)CCCC1.I. The number of ether oxygens (including phenoxy) is 1. The summed E-state index contributed by atoms with van der Waals surface area (Å²) in [5.41, 5.74) is 2.39. The number of halogens is 1. The number of carbonyl (C=O) groups excluding carboxylic acids is 1. The van der Waals surface area contributed by atoms with E-state index in [4.69, 9.17) is 4.74 Å². The van der Waals surface area contributed by atoms with Crippen LogP contribution in [0.15, 0.2) is 29.3 Å². The third kappa shape index (κ3) is 8.34. The van der Waals surface area contributed by atoms with Crippen LogP contribution in [0.5, 0.6) is 0 Å². The molecule has 0 radical (unpaired) electrons. The monoisotopic (exact) mass is 502 g/mol. The Morgan fingerprint density at radius 1 is 1.18 bits per heavy atom. The molecule has 0 unspecified atom stereocenters. The van der Waals surface area contributed by atoms with Crippen molar-refractivity contribution in [3.8, 4) is 0 Å². The predicted molar refractivity (Wildman–Crippen MR) is 127 cm³/mol. The second-order valence-corrected chi connectivity index (χ2v) is 7.43. The normalized spacial score (nSPS) is 15.6. The highest BCUT2D eigenvalue weighted by Gasteiger charge is 2.33. The molecule has 28 heavy (non-hydrogen) atoms. The number of nitrogens with zero attached hydrogens (tertiary/aromatic N) is 1. The molecule has 1 aliphatic rings. The summed E-state index contributed by atoms with van der Waals surface area (Å²) in [5.74, 6) is 0.804. The maximum absolute atomic E-state index is 11.1. The van der Waals surface area contributed by atoms with Crippen molar-refractivity contribution in [1.82, 2.24) is 10.6 Å². The molecule has 1 aromatic carbocycles. The van der Waals surface area contributed by atoms with Gasteiger partial charge in [0.15, 0.2) is 5.96 Å². The maximum Gasteiger partial charge on any atom is 0.221 e. The zero-order chi connectivity index (χ0) is 19.5. The molecule has 1 aromatic rings. The van der Waals surface area contributed by atoms with Gasteiger partial charge in [0, 0.05) is 46.5 Å². The average Bonchev–Trinajstić information content (AvgIpc) is 3.13. The highest BCUT2D eigenvalue weighted by Crippen LogP contribution is 2.40. The molecule has 7 heteroatoms. The van der Waals surface area contributed by atoms with Gasteiger partial charge >= 0.3 is 0 Å². The summed E-state index contributed by atoms with van der Waals surface area (Å²) in [4.78, 5) is 15.4. The van der Waals surface area contributed by atoms with E-state index in [0.717, 1.165) is 44.2 Å². The topological polar surface area (TPSA) is 74.8 Å². The molecule has 6 nitrogen and oxygen atoms in total. The molecule has 2 rings (SSSR count). The van der Waals surface area contributed by atoms with Crippen LogP contribution in [0.2, 0.25) is 0 Å². The van der Waals surface area contributed by atoms with Crippen LogP contribution < -0.4 is 16.0 Å². The summed E-state index contributed by atoms with van der Waals surface area (Å²) < 4.78 is 5.31. The number of guanidine groups is 1. The van der Waals surface area contributed by atoms with Gasteiger partial charge in [0.1, 0.15) is 0 Å². The van der Waals surface area contributed by atoms with Crippen LogP contribution in [0.1, 0.15) is 44.6 Å². The molecule has 0 heterocycles. The number of amides is 1. The lowest BCUT2D eigenvalue weighted by Gasteiger charge is -2.30. The number of carbonyl (C=O) groups is 1. The molecule has 3 N–H and O–H groups in total. The molecule has 158 valence electrons. The number of benzene rings is 1. The lowest BCUT2D eigenvalue weighted by atomic mass is 9.83. The molecule has 0 aliphatic heterocycles. The van der Waals surface area contributed by atoms with Gasteiger partial charge < -0.3 is 20.7 Å². The van der Waals surface area contributed by atoms with Crippen molar-refractivity contribution in [3.05, 3.63) is 29.8 Å². The van der Waals surface area contributed by atoms with Crippen molar-refractivity contribution in [2.45, 2.75) is 45.4 Å². The molecule has 1 amide bonds. The summed E-state index contributed by atoms with van der Waals surface area (Å²) in [5, 5.41) is 9.70. The number of nitrogens with one attached hydrogen (secondary N) is 3. The van der Waals surface area contributed by atoms with Gasteiger partial charge in [-0.25, -0.2) is 0 Å². The number of hydrogen-bond acceptors (Lipinski definition) is 3. The Morgan fingerprint density at radius 3 is 2.43 bits per heavy atom. The van der Waals surface area contributed by atoms with Crippen LogP contribution in [-0.2, 0) is 16.0 Å². The fourth-order valence-electron chi connectivity index (χ4n) is 3.73. The molecule has 0 saturated heterocycles. The Hall–Kier alpha value is -1.35. The molecule has 0 atom stereocenters. The quantitative estimate of drug-likeness (QED) is 0.274. The molecule has 1 saturated carbocycles. The van der Waals surface area contributed by atoms with Gasteiger partial charge in [-0.3, -0.25) is 9.79 Å². The molecule has 1 aliphatic carbocycles. The molecular formula is C21H35IN4O2. The van der Waals surface area contributed by atoms with Crippen LogP contribution in [0.3, 0.4) is 0 Å². The minimum atomic E-state index is -0.0511. The first-order valence-corrected chi connectivity index (χ1v) is 9.87. The van der Waals surface area contributed by atoms with Crippen LogP contribution in [0.25, 0.3) is 0 Å². The van der Waals surface area contributed by atoms with Crippen molar-refractivity contribution >= 4 is 41.5 Å². The van der Waals surface area contributed by atoms with Gasteiger partial charge in [-0.05, 0) is 48.8 Å². The Morgan fingerprint density at radius 2 is 1.86 bits per heavy atom. The highest BCUT2D eigenvalue weighted by atomic mass is 127. The van der Waals surface area contributed by atoms with E-state index in [1.165, 1.54) is 38.2 Å². The first-order chi connectivity index (χ1) is 13.1. The fourth-order valence-corrected chi connectivity index (χ4v) is 3.73. The van der Waals surface area contributed by atoms with E-state index in [-0.39, 0.29) is 29.9 Å². The van der Waals surface area contributed by atoms with Crippen molar-refractivity contribution in [2.24, 2.45) is 10.4 Å². The summed E-state index contributed by atoms with van der Waals surface area (Å²) in [7, 11) is 3.59. The Labute approximate surface area is 186 Å². The lowest BCUT2D eigenvalue weighted by molar-refractivity contribution is -0.114. The van der Waals surface area contributed by atoms with Gasteiger partial charge in [-0.2, -0.15) is 0 Å². The summed E-state index contributed by atoms with van der Waals surface area (Å²) in [6, 6.07) is 7.95. The van der Waals surface area contributed by atoms with Gasteiger partial charge in [0.25, 0.3) is 0 Å². The minimum absolute atomic E-state index is 0. The third-order valence-corrected chi connectivity index (χ3v) is 5.34. The fraction of sp³-hybridized carbons (Fsp3) is 0.619. The van der Waals surface area contributed by atoms with Crippen molar-refractivity contribution < 1.29 is 9.53 Å². The van der Waals surface area contributed by atoms with Gasteiger partial charge in [0.05, 0.1) is 0 Å². The second kappa shape index (κ2) is 13.0. The van der Waals surface area contributed by atoms with Crippen molar-refractivity contribution in [2.75, 3.05) is 39.2 Å². The first kappa shape index (κ1) is 24.7. The lowest BCUT2D eigenvalue weighted by Crippen LogP contribution is -2.43. The van der Waals surface area contributed by atoms with E-state index in [1.54, 1.807) is 7.11 Å². The van der Waals surface area contributed by atoms with Crippen LogP contribution in [0, 0.1) is 5.41 Å². The zero-order valence-electron chi connectivity index (χ0n) is 17.3. The van der Waals surface area contributed by atoms with E-state index < -0.39 is 0 Å². The number of methoxy groups -OCH3 is 1. The van der Waals surface area contributed by atoms with Gasteiger partial charge in [0.2, 0.25) is 5.91 Å². The van der Waals surface area contributed by atoms with E-state index in [2.05, 4.69) is 20.9 Å². The maximum atomic E-state index is 11.1. The molecule has 1 fully saturated rings. The molecule has 0 bridgehead atoms. The first-order valence-electron chi connectivity index (χ1n) is 9.87. The van der Waals surface area contributed by atoms with Crippen molar-refractivity contribution in [3.63, 3.8) is 0 Å². The Bertz CT molecular complexity index is 613. The number of hydrogen-bond donors (Lipinski definition) is 3. The molecular weight excluding hydrogens is 467 g/mol. The standard InChI is InChI=1S/C21H34N4O2.HI/c1-17(26)25-19-8-6-18(7-9-19)10-14-23-20(22-2)24-16-21(13-15-27-3)11-4-5-12-21;/h6-9H,4-5,10-16H2,1-3H3,(H,25,26)(H2,22,23,24);1H. The van der Waals surface area contributed by atoms with E-state index in [1.807, 2.05) is 31.3 Å². The Kier molecular flexibility index (Phi) is 11.4.